The Balaban J connectivity index is 2.62. The number of hydrogen-bond donors (Lipinski definition) is 2. The van der Waals surface area contributed by atoms with Crippen LogP contribution in [0.2, 0.25) is 0 Å². The van der Waals surface area contributed by atoms with Gasteiger partial charge in [-0.1, -0.05) is 0 Å². The second-order valence-electron chi connectivity index (χ2n) is 4.65. The topological polar surface area (TPSA) is 107 Å². The maximum absolute atomic E-state index is 11.9. The third-order valence-corrected chi connectivity index (χ3v) is 4.50. The largest absolute Gasteiger partial charge is 0.481 e. The van der Waals surface area contributed by atoms with Crippen molar-refractivity contribution in [3.63, 3.8) is 0 Å². The number of rotatable bonds is 5. The molecule has 1 saturated heterocycles. The highest BCUT2D eigenvalue weighted by atomic mass is 32.2. The summed E-state index contributed by atoms with van der Waals surface area (Å²) in [5.74, 6) is -2.05. The molecule has 0 bridgehead atoms. The first-order valence-corrected chi connectivity index (χ1v) is 7.35. The summed E-state index contributed by atoms with van der Waals surface area (Å²) in [5.41, 5.74) is 0. The quantitative estimate of drug-likeness (QED) is 0.655. The van der Waals surface area contributed by atoms with Crippen LogP contribution in [0.1, 0.15) is 12.8 Å². The lowest BCUT2D eigenvalue weighted by molar-refractivity contribution is -0.142. The minimum Gasteiger partial charge on any atom is -0.481 e. The fourth-order valence-electron chi connectivity index (χ4n) is 1.76. The van der Waals surface area contributed by atoms with E-state index in [1.165, 1.54) is 19.0 Å². The maximum atomic E-state index is 11.9. The second-order valence-corrected chi connectivity index (χ2v) is 6.40. The lowest BCUT2D eigenvalue weighted by Gasteiger charge is -2.29. The third kappa shape index (κ3) is 4.44. The van der Waals surface area contributed by atoms with Crippen LogP contribution in [0.15, 0.2) is 0 Å². The Kier molecular flexibility index (Phi) is 5.27. The van der Waals surface area contributed by atoms with Crippen molar-refractivity contribution in [3.05, 3.63) is 0 Å². The summed E-state index contributed by atoms with van der Waals surface area (Å²) in [6, 6.07) is 0. The van der Waals surface area contributed by atoms with Crippen LogP contribution in [-0.2, 0) is 19.8 Å². The van der Waals surface area contributed by atoms with E-state index in [0.717, 1.165) is 4.31 Å². The van der Waals surface area contributed by atoms with Crippen molar-refractivity contribution in [2.24, 2.45) is 5.92 Å². The van der Waals surface area contributed by atoms with Gasteiger partial charge in [-0.05, 0) is 12.8 Å². The number of hydrogen-bond acceptors (Lipinski definition) is 4. The van der Waals surface area contributed by atoms with Crippen molar-refractivity contribution in [1.82, 2.24) is 13.9 Å². The molecule has 19 heavy (non-hydrogen) atoms. The molecule has 0 aromatic heterocycles. The predicted octanol–water partition coefficient (Wildman–Crippen LogP) is -1.29. The normalized spacial score (nSPS) is 21.1. The zero-order valence-corrected chi connectivity index (χ0v) is 11.8. The first-order chi connectivity index (χ1) is 8.74. The number of carboxylic acid groups (broad SMARTS) is 1. The van der Waals surface area contributed by atoms with Gasteiger partial charge in [-0.25, -0.2) is 0 Å². The van der Waals surface area contributed by atoms with Crippen LogP contribution < -0.4 is 4.72 Å². The number of carbonyl (C=O) groups is 2. The first-order valence-electron chi connectivity index (χ1n) is 5.91. The molecule has 1 rings (SSSR count). The van der Waals surface area contributed by atoms with Crippen molar-refractivity contribution in [2.45, 2.75) is 12.8 Å². The van der Waals surface area contributed by atoms with Gasteiger partial charge in [-0.15, -0.1) is 0 Å². The monoisotopic (exact) mass is 293 g/mol. The molecular formula is C10H19N3O5S. The molecule has 1 atom stereocenters. The van der Waals surface area contributed by atoms with E-state index in [4.69, 9.17) is 5.11 Å². The van der Waals surface area contributed by atoms with Gasteiger partial charge in [0.25, 0.3) is 10.2 Å². The van der Waals surface area contributed by atoms with Gasteiger partial charge in [0.2, 0.25) is 5.91 Å². The lowest BCUT2D eigenvalue weighted by Crippen LogP contribution is -2.49. The number of amides is 1. The first kappa shape index (κ1) is 15.9. The third-order valence-electron chi connectivity index (χ3n) is 2.98. The summed E-state index contributed by atoms with van der Waals surface area (Å²) in [4.78, 5) is 23.5. The smallest absolute Gasteiger partial charge is 0.307 e. The van der Waals surface area contributed by atoms with E-state index >= 15 is 0 Å². The van der Waals surface area contributed by atoms with Crippen molar-refractivity contribution in [1.29, 1.82) is 0 Å². The zero-order chi connectivity index (χ0) is 14.6. The summed E-state index contributed by atoms with van der Waals surface area (Å²) in [5, 5.41) is 8.91. The van der Waals surface area contributed by atoms with Gasteiger partial charge in [0.05, 0.1) is 12.5 Å². The van der Waals surface area contributed by atoms with E-state index in [0.29, 0.717) is 12.8 Å². The Morgan fingerprint density at radius 1 is 1.42 bits per heavy atom. The molecule has 1 amide bonds. The summed E-state index contributed by atoms with van der Waals surface area (Å²) >= 11 is 0. The van der Waals surface area contributed by atoms with Crippen LogP contribution in [0.4, 0.5) is 0 Å². The molecule has 8 nitrogen and oxygen atoms in total. The van der Waals surface area contributed by atoms with Crippen LogP contribution in [0, 0.1) is 5.92 Å². The molecule has 0 saturated carbocycles. The minimum atomic E-state index is -3.81. The molecular weight excluding hydrogens is 274 g/mol. The van der Waals surface area contributed by atoms with Gasteiger partial charge >= 0.3 is 5.97 Å². The highest BCUT2D eigenvalue weighted by molar-refractivity contribution is 7.87. The molecule has 0 spiro atoms. The molecule has 0 radical (unpaired) electrons. The van der Waals surface area contributed by atoms with Crippen LogP contribution in [0.3, 0.4) is 0 Å². The summed E-state index contributed by atoms with van der Waals surface area (Å²) in [6.45, 7) is -0.111. The van der Waals surface area contributed by atoms with Gasteiger partial charge in [0, 0.05) is 27.2 Å². The number of likely N-dealkylation sites (N-methyl/N-ethyl adjacent to an activating group) is 1. The fourth-order valence-corrected chi connectivity index (χ4v) is 3.00. The number of aliphatic carboxylic acids is 1. The molecule has 1 unspecified atom stereocenters. The Morgan fingerprint density at radius 2 is 2.05 bits per heavy atom. The van der Waals surface area contributed by atoms with Gasteiger partial charge in [-0.3, -0.25) is 9.59 Å². The molecule has 1 heterocycles. The molecule has 0 aromatic carbocycles. The van der Waals surface area contributed by atoms with E-state index in [1.54, 1.807) is 0 Å². The molecule has 1 aliphatic rings. The van der Waals surface area contributed by atoms with Gasteiger partial charge in [0.15, 0.2) is 0 Å². The Labute approximate surface area is 112 Å². The molecule has 1 fully saturated rings. The van der Waals surface area contributed by atoms with Crippen LogP contribution in [-0.4, -0.2) is 68.3 Å². The SMILES string of the molecule is CN(C)C(=O)CNS(=O)(=O)N1CCCC(C(=O)O)C1. The van der Waals surface area contributed by atoms with Crippen LogP contribution in [0.5, 0.6) is 0 Å². The van der Waals surface area contributed by atoms with E-state index in [2.05, 4.69) is 4.72 Å². The summed E-state index contributed by atoms with van der Waals surface area (Å²) in [6.07, 6.45) is 0.970. The number of nitrogens with one attached hydrogen (secondary N) is 1. The van der Waals surface area contributed by atoms with Crippen molar-refractivity contribution in [3.8, 4) is 0 Å². The Morgan fingerprint density at radius 3 is 2.58 bits per heavy atom. The standard InChI is InChI=1S/C10H19N3O5S/c1-12(2)9(14)6-11-19(17,18)13-5-3-4-8(7-13)10(15)16/h8,11H,3-7H2,1-2H3,(H,15,16). The highest BCUT2D eigenvalue weighted by Gasteiger charge is 2.32. The average molecular weight is 293 g/mol. The molecule has 9 heteroatoms. The van der Waals surface area contributed by atoms with Gasteiger partial charge in [-0.2, -0.15) is 17.4 Å². The van der Waals surface area contributed by atoms with E-state index in [-0.39, 0.29) is 25.5 Å². The number of carbonyl (C=O) groups excluding carboxylic acids is 1. The summed E-state index contributed by atoms with van der Waals surface area (Å²) in [7, 11) is -0.754. The van der Waals surface area contributed by atoms with E-state index in [9.17, 15) is 18.0 Å². The number of piperidine rings is 1. The second kappa shape index (κ2) is 6.31. The zero-order valence-electron chi connectivity index (χ0n) is 11.0. The molecule has 2 N–H and O–H groups in total. The van der Waals surface area contributed by atoms with E-state index < -0.39 is 22.1 Å². The summed E-state index contributed by atoms with van der Waals surface area (Å²) < 4.78 is 27.1. The average Bonchev–Trinajstić information content (AvgIpc) is 2.36. The highest BCUT2D eigenvalue weighted by Crippen LogP contribution is 2.18. The maximum Gasteiger partial charge on any atom is 0.307 e. The lowest BCUT2D eigenvalue weighted by atomic mass is 10.0. The van der Waals surface area contributed by atoms with Crippen LogP contribution >= 0.6 is 0 Å². The van der Waals surface area contributed by atoms with E-state index in [1.807, 2.05) is 0 Å². The molecule has 0 aliphatic carbocycles. The predicted molar refractivity (Wildman–Crippen MR) is 67.5 cm³/mol. The Bertz CT molecular complexity index is 448. The molecule has 1 aliphatic heterocycles. The Hall–Kier alpha value is -1.19. The molecule has 0 aromatic rings. The van der Waals surface area contributed by atoms with Crippen LogP contribution in [0.25, 0.3) is 0 Å². The minimum absolute atomic E-state index is 0.0547. The van der Waals surface area contributed by atoms with Crippen molar-refractivity contribution < 1.29 is 23.1 Å². The van der Waals surface area contributed by atoms with Crippen molar-refractivity contribution >= 4 is 22.1 Å². The number of nitrogens with zero attached hydrogens (tertiary/aromatic N) is 2. The fraction of sp³-hybridized carbons (Fsp3) is 0.800. The van der Waals surface area contributed by atoms with Crippen molar-refractivity contribution in [2.75, 3.05) is 33.7 Å². The molecule has 110 valence electrons. The van der Waals surface area contributed by atoms with Gasteiger partial charge in [0.1, 0.15) is 0 Å². The van der Waals surface area contributed by atoms with Gasteiger partial charge < -0.3 is 10.0 Å². The number of carboxylic acids is 1.